The number of hydrogen-bond acceptors (Lipinski definition) is 2. The molecule has 0 spiro atoms. The maximum absolute atomic E-state index is 14.0. The monoisotopic (exact) mass is 334 g/mol. The first-order valence-corrected chi connectivity index (χ1v) is 6.98. The molecule has 0 aliphatic carbocycles. The summed E-state index contributed by atoms with van der Waals surface area (Å²) in [5.74, 6) is -0.426. The van der Waals surface area contributed by atoms with Crippen molar-refractivity contribution in [3.05, 3.63) is 64.6 Å². The van der Waals surface area contributed by atoms with Crippen molar-refractivity contribution in [2.75, 3.05) is 0 Å². The lowest BCUT2D eigenvalue weighted by molar-refractivity contribution is 0.153. The lowest BCUT2D eigenvalue weighted by Crippen LogP contribution is -2.09. The topological polar surface area (TPSA) is 38.0 Å². The number of benzene rings is 2. The van der Waals surface area contributed by atoms with E-state index in [1.165, 1.54) is 0 Å². The maximum atomic E-state index is 14.0. The van der Waals surface area contributed by atoms with Gasteiger partial charge in [-0.25, -0.2) is 9.37 Å². The molecule has 5 heteroatoms. The van der Waals surface area contributed by atoms with Gasteiger partial charge in [0.25, 0.3) is 0 Å². The first-order valence-electron chi connectivity index (χ1n) is 6.18. The van der Waals surface area contributed by atoms with Crippen LogP contribution in [0.1, 0.15) is 11.7 Å². The summed E-state index contributed by atoms with van der Waals surface area (Å²) in [5, 5.41) is 10.2. The number of imidazole rings is 1. The molecule has 0 aliphatic heterocycles. The summed E-state index contributed by atoms with van der Waals surface area (Å²) in [4.78, 5) is 4.25. The van der Waals surface area contributed by atoms with Gasteiger partial charge in [0, 0.05) is 5.56 Å². The van der Waals surface area contributed by atoms with E-state index in [0.29, 0.717) is 4.47 Å². The minimum absolute atomic E-state index is 0.258. The molecule has 1 aromatic heterocycles. The molecule has 0 saturated carbocycles. The van der Waals surface area contributed by atoms with E-state index in [1.54, 1.807) is 24.5 Å². The lowest BCUT2D eigenvalue weighted by atomic mass is 10.1. The smallest absolute Gasteiger partial charge is 0.143 e. The Kier molecular flexibility index (Phi) is 3.54. The Hall–Kier alpha value is -1.72. The van der Waals surface area contributed by atoms with Gasteiger partial charge < -0.3 is 9.67 Å². The molecular formula is C15H12BrFN2O. The number of nitrogens with zero attached hydrogens (tertiary/aromatic N) is 2. The van der Waals surface area contributed by atoms with E-state index in [0.717, 1.165) is 11.0 Å². The van der Waals surface area contributed by atoms with Crippen molar-refractivity contribution in [2.45, 2.75) is 12.6 Å². The Balaban J connectivity index is 1.92. The fourth-order valence-electron chi connectivity index (χ4n) is 2.22. The fourth-order valence-corrected chi connectivity index (χ4v) is 2.60. The first-order chi connectivity index (χ1) is 9.66. The fraction of sp³-hybridized carbons (Fsp3) is 0.133. The molecule has 2 aromatic carbocycles. The number of para-hydroxylation sites is 2. The van der Waals surface area contributed by atoms with Gasteiger partial charge >= 0.3 is 0 Å². The van der Waals surface area contributed by atoms with Crippen LogP contribution >= 0.6 is 15.9 Å². The second-order valence-electron chi connectivity index (χ2n) is 4.54. The lowest BCUT2D eigenvalue weighted by Gasteiger charge is -2.14. The largest absolute Gasteiger partial charge is 0.386 e. The molecule has 0 bridgehead atoms. The van der Waals surface area contributed by atoms with Crippen molar-refractivity contribution >= 4 is 27.0 Å². The van der Waals surface area contributed by atoms with Crippen molar-refractivity contribution in [2.24, 2.45) is 0 Å². The van der Waals surface area contributed by atoms with Crippen LogP contribution in [0.5, 0.6) is 0 Å². The van der Waals surface area contributed by atoms with Gasteiger partial charge in [0.2, 0.25) is 0 Å². The number of hydrogen-bond donors (Lipinski definition) is 1. The van der Waals surface area contributed by atoms with E-state index < -0.39 is 11.9 Å². The van der Waals surface area contributed by atoms with E-state index >= 15 is 0 Å². The molecule has 1 N–H and O–H groups in total. The SMILES string of the molecule is OC(Cn1cnc2ccccc21)c1cccc(Br)c1F. The van der Waals surface area contributed by atoms with E-state index in [4.69, 9.17) is 0 Å². The second-order valence-corrected chi connectivity index (χ2v) is 5.40. The third-order valence-corrected chi connectivity index (χ3v) is 3.85. The van der Waals surface area contributed by atoms with E-state index in [1.807, 2.05) is 28.8 Å². The van der Waals surface area contributed by atoms with Crippen LogP contribution in [0, 0.1) is 5.82 Å². The molecule has 0 aliphatic rings. The molecule has 1 unspecified atom stereocenters. The number of rotatable bonds is 3. The summed E-state index contributed by atoms with van der Waals surface area (Å²) in [5.41, 5.74) is 2.05. The quantitative estimate of drug-likeness (QED) is 0.793. The Bertz CT molecular complexity index is 756. The normalized spacial score (nSPS) is 12.8. The molecule has 20 heavy (non-hydrogen) atoms. The van der Waals surface area contributed by atoms with Gasteiger partial charge in [0.1, 0.15) is 5.82 Å². The Morgan fingerprint density at radius 2 is 2.00 bits per heavy atom. The number of aromatic nitrogens is 2. The van der Waals surface area contributed by atoms with Crippen molar-refractivity contribution in [1.82, 2.24) is 9.55 Å². The molecule has 0 radical (unpaired) electrons. The van der Waals surface area contributed by atoms with Gasteiger partial charge in [-0.15, -0.1) is 0 Å². The van der Waals surface area contributed by atoms with Crippen molar-refractivity contribution in [3.63, 3.8) is 0 Å². The van der Waals surface area contributed by atoms with Crippen LogP contribution in [0.25, 0.3) is 11.0 Å². The van der Waals surface area contributed by atoms with Crippen molar-refractivity contribution in [1.29, 1.82) is 0 Å². The Morgan fingerprint density at radius 1 is 1.20 bits per heavy atom. The summed E-state index contributed by atoms with van der Waals surface area (Å²) in [6, 6.07) is 12.5. The molecule has 0 amide bonds. The van der Waals surface area contributed by atoms with Gasteiger partial charge in [-0.3, -0.25) is 0 Å². The van der Waals surface area contributed by atoms with Crippen LogP contribution < -0.4 is 0 Å². The predicted octanol–water partition coefficient (Wildman–Crippen LogP) is 3.67. The molecule has 3 rings (SSSR count). The van der Waals surface area contributed by atoms with E-state index in [2.05, 4.69) is 20.9 Å². The molecule has 102 valence electrons. The van der Waals surface area contributed by atoms with Crippen LogP contribution in [0.15, 0.2) is 53.3 Å². The number of aliphatic hydroxyl groups excluding tert-OH is 1. The summed E-state index contributed by atoms with van der Waals surface area (Å²) in [7, 11) is 0. The van der Waals surface area contributed by atoms with Crippen LogP contribution in [0.4, 0.5) is 4.39 Å². The number of aliphatic hydroxyl groups is 1. The van der Waals surface area contributed by atoms with Gasteiger partial charge in [-0.1, -0.05) is 24.3 Å². The molecule has 3 aromatic rings. The van der Waals surface area contributed by atoms with E-state index in [-0.39, 0.29) is 12.1 Å². The molecule has 1 atom stereocenters. The summed E-state index contributed by atoms with van der Waals surface area (Å²) >= 11 is 3.13. The number of fused-ring (bicyclic) bond motifs is 1. The number of halogens is 2. The van der Waals surface area contributed by atoms with Crippen LogP contribution in [0.3, 0.4) is 0 Å². The zero-order valence-corrected chi connectivity index (χ0v) is 12.1. The summed E-state index contributed by atoms with van der Waals surface area (Å²) < 4.78 is 16.1. The maximum Gasteiger partial charge on any atom is 0.143 e. The third kappa shape index (κ3) is 2.34. The minimum Gasteiger partial charge on any atom is -0.386 e. The highest BCUT2D eigenvalue weighted by Gasteiger charge is 2.16. The van der Waals surface area contributed by atoms with Crippen LogP contribution in [-0.4, -0.2) is 14.7 Å². The average molecular weight is 335 g/mol. The summed E-state index contributed by atoms with van der Waals surface area (Å²) in [6.07, 6.45) is 0.731. The standard InChI is InChI=1S/C15H12BrFN2O/c16-11-5-3-4-10(15(11)17)14(20)8-19-9-18-12-6-1-2-7-13(12)19/h1-7,9,14,20H,8H2. The first kappa shape index (κ1) is 13.3. The second kappa shape index (κ2) is 5.34. The highest BCUT2D eigenvalue weighted by atomic mass is 79.9. The molecule has 0 fully saturated rings. The zero-order valence-electron chi connectivity index (χ0n) is 10.5. The highest BCUT2D eigenvalue weighted by Crippen LogP contribution is 2.25. The molecule has 3 nitrogen and oxygen atoms in total. The Morgan fingerprint density at radius 3 is 2.85 bits per heavy atom. The molecular weight excluding hydrogens is 323 g/mol. The van der Waals surface area contributed by atoms with Crippen LogP contribution in [-0.2, 0) is 6.54 Å². The van der Waals surface area contributed by atoms with Crippen LogP contribution in [0.2, 0.25) is 0 Å². The highest BCUT2D eigenvalue weighted by molar-refractivity contribution is 9.10. The third-order valence-electron chi connectivity index (χ3n) is 3.24. The van der Waals surface area contributed by atoms with Crippen molar-refractivity contribution < 1.29 is 9.50 Å². The van der Waals surface area contributed by atoms with E-state index in [9.17, 15) is 9.50 Å². The van der Waals surface area contributed by atoms with Crippen molar-refractivity contribution in [3.8, 4) is 0 Å². The minimum atomic E-state index is -0.926. The Labute approximate surface area is 123 Å². The predicted molar refractivity (Wildman–Crippen MR) is 78.8 cm³/mol. The summed E-state index contributed by atoms with van der Waals surface area (Å²) in [6.45, 7) is 0.258. The average Bonchev–Trinajstić information content (AvgIpc) is 2.85. The zero-order chi connectivity index (χ0) is 14.1. The van der Waals surface area contributed by atoms with Gasteiger partial charge in [-0.2, -0.15) is 0 Å². The van der Waals surface area contributed by atoms with Gasteiger partial charge in [0.05, 0.1) is 34.5 Å². The molecule has 1 heterocycles. The van der Waals surface area contributed by atoms with Gasteiger partial charge in [-0.05, 0) is 34.1 Å². The van der Waals surface area contributed by atoms with Gasteiger partial charge in [0.15, 0.2) is 0 Å². The molecule has 0 saturated heterocycles.